The first-order valence-electron chi connectivity index (χ1n) is 7.61. The van der Waals surface area contributed by atoms with E-state index in [1.54, 1.807) is 0 Å². The third-order valence-electron chi connectivity index (χ3n) is 2.69. The number of hydrogen-bond acceptors (Lipinski definition) is 6. The van der Waals surface area contributed by atoms with Crippen LogP contribution in [0.4, 0.5) is 39.5 Å². The maximum atomic E-state index is 12.3. The van der Waals surface area contributed by atoms with E-state index in [0.29, 0.717) is 0 Å². The fraction of sp³-hybridized carbons (Fsp3) is 0.400. The molecule has 0 rings (SSSR count). The first-order valence-corrected chi connectivity index (χ1v) is 12.2. The SMILES string of the molecule is C/C(=C/C(=O)C(F)(F)F)[O][Pr]([O]/C(C)=C\C(=O)C(F)(F)F)[O]/C(C)=C\C(=O)C(F)(F)F. The molecule has 0 atom stereocenters. The molecule has 0 unspecified atom stereocenters. The Kier molecular flexibility index (Phi) is 10.7. The van der Waals surface area contributed by atoms with Crippen LogP contribution in [0.25, 0.3) is 0 Å². The van der Waals surface area contributed by atoms with Crippen molar-refractivity contribution in [3.8, 4) is 0 Å². The van der Waals surface area contributed by atoms with Crippen molar-refractivity contribution >= 4 is 17.3 Å². The standard InChI is InChI=1S/3C5H5F3O2.Pr/c3*1-3(9)2-4(10)5(6,7)8;/h3*2,9H,1H3;/q;;;+3/p-3/b3*3-2-;. The van der Waals surface area contributed by atoms with Crippen LogP contribution in [0.15, 0.2) is 35.5 Å². The van der Waals surface area contributed by atoms with Crippen molar-refractivity contribution in [1.29, 1.82) is 0 Å². The first kappa shape index (κ1) is 29.4. The molecule has 174 valence electrons. The molecule has 0 fully saturated rings. The number of halogens is 9. The van der Waals surface area contributed by atoms with Gasteiger partial charge in [-0.2, -0.15) is 0 Å². The molecule has 0 aliphatic heterocycles. The van der Waals surface area contributed by atoms with Crippen LogP contribution in [-0.4, -0.2) is 35.9 Å². The Morgan fingerprint density at radius 1 is 0.548 bits per heavy atom. The number of hydrogen-bond donors (Lipinski definition) is 0. The normalized spacial score (nSPS) is 14.1. The molecular formula is C15H12F9O6Pr. The van der Waals surface area contributed by atoms with E-state index >= 15 is 0 Å². The van der Waals surface area contributed by atoms with E-state index in [0.717, 1.165) is 20.8 Å². The second kappa shape index (κ2) is 11.3. The monoisotopic (exact) mass is 600 g/mol. The van der Waals surface area contributed by atoms with Crippen LogP contribution in [0.5, 0.6) is 0 Å². The van der Waals surface area contributed by atoms with Gasteiger partial charge >= 0.3 is 186 Å². The van der Waals surface area contributed by atoms with Crippen molar-refractivity contribution in [2.75, 3.05) is 0 Å². The molecule has 0 heterocycles. The number of allylic oxidation sites excluding steroid dienone is 6. The molecular weight excluding hydrogens is 588 g/mol. The molecule has 0 N–H and O–H groups in total. The van der Waals surface area contributed by atoms with E-state index in [9.17, 15) is 53.9 Å². The van der Waals surface area contributed by atoms with Gasteiger partial charge < -0.3 is 0 Å². The van der Waals surface area contributed by atoms with E-state index < -0.39 is 90.0 Å². The molecule has 16 heteroatoms. The number of rotatable bonds is 9. The second-order valence-corrected chi connectivity index (χ2v) is 9.61. The Bertz CT molecular complexity index is 686. The van der Waals surface area contributed by atoms with Crippen LogP contribution >= 0.6 is 0 Å². The van der Waals surface area contributed by atoms with Crippen molar-refractivity contribution in [3.05, 3.63) is 35.5 Å². The second-order valence-electron chi connectivity index (χ2n) is 5.49. The van der Waals surface area contributed by atoms with E-state index in [1.807, 2.05) is 0 Å². The molecule has 31 heavy (non-hydrogen) atoms. The molecule has 0 bridgehead atoms. The van der Waals surface area contributed by atoms with Gasteiger partial charge in [-0.25, -0.2) is 0 Å². The summed E-state index contributed by atoms with van der Waals surface area (Å²) in [6.07, 6.45) is -16.0. The molecule has 0 aromatic rings. The predicted octanol–water partition coefficient (Wildman–Crippen LogP) is 4.51. The van der Waals surface area contributed by atoms with Gasteiger partial charge in [0.2, 0.25) is 0 Å². The molecule has 0 spiro atoms. The first-order chi connectivity index (χ1) is 13.7. The molecule has 0 aromatic carbocycles. The summed E-state index contributed by atoms with van der Waals surface area (Å²) in [7, 11) is 0. The summed E-state index contributed by atoms with van der Waals surface area (Å²) >= 11 is -4.99. The third-order valence-corrected chi connectivity index (χ3v) is 8.12. The van der Waals surface area contributed by atoms with Gasteiger partial charge in [0.1, 0.15) is 0 Å². The van der Waals surface area contributed by atoms with E-state index in [-0.39, 0.29) is 18.2 Å². The van der Waals surface area contributed by atoms with Crippen molar-refractivity contribution in [2.45, 2.75) is 39.3 Å². The number of carbonyl (C=O) groups is 3. The van der Waals surface area contributed by atoms with Crippen LogP contribution in [0.2, 0.25) is 0 Å². The molecule has 6 nitrogen and oxygen atoms in total. The Hall–Kier alpha value is -1.64. The van der Waals surface area contributed by atoms with Gasteiger partial charge in [-0.15, -0.1) is 0 Å². The third kappa shape index (κ3) is 12.1. The molecule has 0 saturated carbocycles. The summed E-state index contributed by atoms with van der Waals surface area (Å²) in [5.41, 5.74) is 0. The van der Waals surface area contributed by atoms with Gasteiger partial charge in [0, 0.05) is 0 Å². The Morgan fingerprint density at radius 2 is 0.742 bits per heavy atom. The molecule has 0 radical (unpaired) electrons. The fourth-order valence-electron chi connectivity index (χ4n) is 1.43. The summed E-state index contributed by atoms with van der Waals surface area (Å²) in [6.45, 7) is 2.43. The summed E-state index contributed by atoms with van der Waals surface area (Å²) in [6, 6.07) is 0. The topological polar surface area (TPSA) is 78.9 Å². The van der Waals surface area contributed by atoms with Gasteiger partial charge in [-0.3, -0.25) is 0 Å². The fourth-order valence-corrected chi connectivity index (χ4v) is 5.47. The molecule has 0 aliphatic carbocycles. The van der Waals surface area contributed by atoms with Crippen LogP contribution in [0, 0.1) is 36.8 Å². The van der Waals surface area contributed by atoms with Gasteiger partial charge in [0.25, 0.3) is 0 Å². The van der Waals surface area contributed by atoms with E-state index in [1.165, 1.54) is 0 Å². The Labute approximate surface area is 185 Å². The van der Waals surface area contributed by atoms with Gasteiger partial charge in [0.15, 0.2) is 0 Å². The Balaban J connectivity index is 5.72. The van der Waals surface area contributed by atoms with Crippen molar-refractivity contribution in [3.63, 3.8) is 0 Å². The summed E-state index contributed by atoms with van der Waals surface area (Å²) in [5.74, 6) is -9.47. The van der Waals surface area contributed by atoms with E-state index in [4.69, 9.17) is 3.02 Å². The van der Waals surface area contributed by atoms with Crippen LogP contribution < -0.4 is 0 Å². The minimum absolute atomic E-state index is 0.0560. The van der Waals surface area contributed by atoms with Crippen LogP contribution in [-0.2, 0) is 17.4 Å². The number of carbonyl (C=O) groups excluding carboxylic acids is 3. The molecule has 0 aliphatic rings. The average Bonchev–Trinajstić information content (AvgIpc) is 2.51. The van der Waals surface area contributed by atoms with Gasteiger partial charge in [0.05, 0.1) is 0 Å². The van der Waals surface area contributed by atoms with Crippen molar-refractivity contribution < 1.29 is 93.8 Å². The predicted molar refractivity (Wildman–Crippen MR) is 77.7 cm³/mol. The van der Waals surface area contributed by atoms with Gasteiger partial charge in [-0.05, 0) is 0 Å². The quantitative estimate of drug-likeness (QED) is 0.221. The van der Waals surface area contributed by atoms with Gasteiger partial charge in [-0.1, -0.05) is 0 Å². The Morgan fingerprint density at radius 3 is 0.903 bits per heavy atom. The van der Waals surface area contributed by atoms with E-state index in [2.05, 4.69) is 0 Å². The molecule has 0 aromatic heterocycles. The zero-order chi connectivity index (χ0) is 24.8. The van der Waals surface area contributed by atoms with Crippen LogP contribution in [0.3, 0.4) is 0 Å². The average molecular weight is 600 g/mol. The van der Waals surface area contributed by atoms with Crippen LogP contribution in [0.1, 0.15) is 20.8 Å². The number of alkyl halides is 9. The molecule has 0 amide bonds. The number of ketones is 3. The summed E-state index contributed by atoms with van der Waals surface area (Å²) in [5, 5.41) is 0. The summed E-state index contributed by atoms with van der Waals surface area (Å²) in [4.78, 5) is 32.7. The molecule has 0 saturated heterocycles. The van der Waals surface area contributed by atoms with Crippen molar-refractivity contribution in [2.24, 2.45) is 0 Å². The maximum absolute atomic E-state index is 12.3. The zero-order valence-electron chi connectivity index (χ0n) is 15.7. The van der Waals surface area contributed by atoms with Crippen molar-refractivity contribution in [1.82, 2.24) is 0 Å². The minimum atomic E-state index is -5.29. The zero-order valence-corrected chi connectivity index (χ0v) is 19.4. The summed E-state index contributed by atoms with van der Waals surface area (Å²) < 4.78 is 125.